The smallest absolute Gasteiger partial charge is 0.410 e. The summed E-state index contributed by atoms with van der Waals surface area (Å²) in [7, 11) is 0. The molecule has 10 heteroatoms. The number of anilines is 1. The number of aromatic nitrogens is 3. The molecule has 0 bridgehead atoms. The molecule has 1 fully saturated rings. The SMILES string of the molecule is CC(C)(C)OC(=O)N1CCC2(CC1)C(=O)N(Cc1nc3ccc(Cl)cc3n1CCCCF)c1cnccc12. The quantitative estimate of drug-likeness (QED) is 0.377. The number of hydrogen-bond donors (Lipinski definition) is 0. The van der Waals surface area contributed by atoms with Crippen LogP contribution in [-0.2, 0) is 28.0 Å². The highest BCUT2D eigenvalue weighted by Crippen LogP contribution is 2.48. The molecule has 5 rings (SSSR count). The van der Waals surface area contributed by atoms with Crippen LogP contribution in [0.1, 0.15) is 57.8 Å². The van der Waals surface area contributed by atoms with Crippen LogP contribution in [0.4, 0.5) is 14.9 Å². The molecular formula is C28H33ClFN5O3. The lowest BCUT2D eigenvalue weighted by atomic mass is 9.74. The number of pyridine rings is 1. The summed E-state index contributed by atoms with van der Waals surface area (Å²) in [5.74, 6) is 0.706. The van der Waals surface area contributed by atoms with Crippen molar-refractivity contribution in [3.63, 3.8) is 0 Å². The number of unbranched alkanes of at least 4 members (excludes halogenated alkanes) is 1. The summed E-state index contributed by atoms with van der Waals surface area (Å²) >= 11 is 6.28. The van der Waals surface area contributed by atoms with Gasteiger partial charge in [-0.3, -0.25) is 14.2 Å². The van der Waals surface area contributed by atoms with E-state index in [1.807, 2.05) is 43.5 Å². The molecule has 2 amide bonds. The van der Waals surface area contributed by atoms with Crippen LogP contribution in [0.5, 0.6) is 0 Å². The third-order valence-electron chi connectivity index (χ3n) is 7.38. The van der Waals surface area contributed by atoms with Gasteiger partial charge in [0.25, 0.3) is 0 Å². The first kappa shape index (κ1) is 26.4. The molecule has 2 aliphatic rings. The number of carbonyl (C=O) groups is 2. The summed E-state index contributed by atoms with van der Waals surface area (Å²) < 4.78 is 20.5. The van der Waals surface area contributed by atoms with Gasteiger partial charge in [-0.2, -0.15) is 0 Å². The monoisotopic (exact) mass is 541 g/mol. The van der Waals surface area contributed by atoms with E-state index in [-0.39, 0.29) is 25.2 Å². The summed E-state index contributed by atoms with van der Waals surface area (Å²) in [6, 6.07) is 7.43. The molecule has 0 N–H and O–H groups in total. The zero-order valence-corrected chi connectivity index (χ0v) is 22.8. The number of carbonyl (C=O) groups excluding carboxylic acids is 2. The number of ether oxygens (including phenoxy) is 1. The van der Waals surface area contributed by atoms with Crippen LogP contribution in [-0.4, -0.2) is 56.8 Å². The number of benzene rings is 1. The number of hydrogen-bond acceptors (Lipinski definition) is 5. The molecule has 38 heavy (non-hydrogen) atoms. The van der Waals surface area contributed by atoms with E-state index >= 15 is 0 Å². The van der Waals surface area contributed by atoms with Crippen molar-refractivity contribution in [3.8, 4) is 0 Å². The summed E-state index contributed by atoms with van der Waals surface area (Å²) in [5, 5.41) is 0.596. The molecule has 3 aromatic rings. The zero-order valence-electron chi connectivity index (χ0n) is 22.0. The van der Waals surface area contributed by atoms with Gasteiger partial charge in [-0.1, -0.05) is 11.6 Å². The number of halogens is 2. The Balaban J connectivity index is 1.44. The fourth-order valence-electron chi connectivity index (χ4n) is 5.55. The van der Waals surface area contributed by atoms with Crippen molar-refractivity contribution in [2.24, 2.45) is 0 Å². The summed E-state index contributed by atoms with van der Waals surface area (Å²) in [6.07, 6.45) is 5.19. The average molecular weight is 542 g/mol. The molecule has 0 aliphatic carbocycles. The minimum absolute atomic E-state index is 0.00950. The number of alkyl halides is 1. The number of imidazole rings is 1. The van der Waals surface area contributed by atoms with Crippen LogP contribution in [0.2, 0.25) is 5.02 Å². The Kier molecular flexibility index (Phi) is 7.07. The third kappa shape index (κ3) is 4.84. The number of fused-ring (bicyclic) bond motifs is 3. The minimum atomic E-state index is -0.731. The number of likely N-dealkylation sites (tertiary alicyclic amines) is 1. The van der Waals surface area contributed by atoms with Crippen LogP contribution in [0.3, 0.4) is 0 Å². The molecule has 8 nitrogen and oxygen atoms in total. The Bertz CT molecular complexity index is 1360. The molecule has 0 atom stereocenters. The van der Waals surface area contributed by atoms with Gasteiger partial charge in [0.2, 0.25) is 5.91 Å². The normalized spacial score (nSPS) is 16.9. The lowest BCUT2D eigenvalue weighted by Crippen LogP contribution is -2.51. The number of piperidine rings is 1. The molecular weight excluding hydrogens is 509 g/mol. The van der Waals surface area contributed by atoms with Crippen molar-refractivity contribution < 1.29 is 18.7 Å². The fourth-order valence-corrected chi connectivity index (χ4v) is 5.71. The van der Waals surface area contributed by atoms with E-state index < -0.39 is 11.0 Å². The van der Waals surface area contributed by atoms with Gasteiger partial charge in [-0.25, -0.2) is 9.78 Å². The van der Waals surface area contributed by atoms with E-state index in [0.29, 0.717) is 56.2 Å². The van der Waals surface area contributed by atoms with Crippen molar-refractivity contribution >= 4 is 40.3 Å². The summed E-state index contributed by atoms with van der Waals surface area (Å²) in [6.45, 7) is 6.84. The topological polar surface area (TPSA) is 80.6 Å². The van der Waals surface area contributed by atoms with Crippen molar-refractivity contribution in [2.75, 3.05) is 24.7 Å². The lowest BCUT2D eigenvalue weighted by molar-refractivity contribution is -0.125. The maximum Gasteiger partial charge on any atom is 0.410 e. The van der Waals surface area contributed by atoms with Gasteiger partial charge in [0.15, 0.2) is 0 Å². The molecule has 1 saturated heterocycles. The lowest BCUT2D eigenvalue weighted by Gasteiger charge is -2.38. The van der Waals surface area contributed by atoms with Crippen LogP contribution >= 0.6 is 11.6 Å². The van der Waals surface area contributed by atoms with Gasteiger partial charge >= 0.3 is 6.09 Å². The zero-order chi connectivity index (χ0) is 27.1. The van der Waals surface area contributed by atoms with E-state index in [0.717, 1.165) is 22.3 Å². The largest absolute Gasteiger partial charge is 0.444 e. The van der Waals surface area contributed by atoms with E-state index in [1.54, 1.807) is 28.3 Å². The van der Waals surface area contributed by atoms with E-state index in [4.69, 9.17) is 21.3 Å². The number of aryl methyl sites for hydroxylation is 1. The Morgan fingerprint density at radius 3 is 2.66 bits per heavy atom. The van der Waals surface area contributed by atoms with Crippen molar-refractivity contribution in [1.82, 2.24) is 19.4 Å². The predicted octanol–water partition coefficient (Wildman–Crippen LogP) is 5.65. The first-order chi connectivity index (χ1) is 18.1. The fraction of sp³-hybridized carbons (Fsp3) is 0.500. The van der Waals surface area contributed by atoms with Gasteiger partial charge in [0, 0.05) is 30.9 Å². The van der Waals surface area contributed by atoms with Gasteiger partial charge < -0.3 is 19.1 Å². The molecule has 1 spiro atoms. The maximum absolute atomic E-state index is 14.1. The molecule has 1 aromatic carbocycles. The highest BCUT2D eigenvalue weighted by atomic mass is 35.5. The van der Waals surface area contributed by atoms with E-state index in [2.05, 4.69) is 4.98 Å². The van der Waals surface area contributed by atoms with Crippen LogP contribution < -0.4 is 4.90 Å². The number of amides is 2. The highest BCUT2D eigenvalue weighted by molar-refractivity contribution is 6.31. The molecule has 4 heterocycles. The predicted molar refractivity (Wildman–Crippen MR) is 144 cm³/mol. The molecule has 0 saturated carbocycles. The third-order valence-corrected chi connectivity index (χ3v) is 7.62. The highest BCUT2D eigenvalue weighted by Gasteiger charge is 2.53. The Morgan fingerprint density at radius 2 is 1.95 bits per heavy atom. The van der Waals surface area contributed by atoms with Crippen LogP contribution in [0.25, 0.3) is 11.0 Å². The maximum atomic E-state index is 14.1. The first-order valence-electron chi connectivity index (χ1n) is 13.1. The number of rotatable bonds is 6. The van der Waals surface area contributed by atoms with Crippen molar-refractivity contribution in [2.45, 2.75) is 70.6 Å². The van der Waals surface area contributed by atoms with E-state index in [9.17, 15) is 14.0 Å². The van der Waals surface area contributed by atoms with Crippen molar-refractivity contribution in [3.05, 3.63) is 53.1 Å². The van der Waals surface area contributed by atoms with Gasteiger partial charge in [-0.15, -0.1) is 0 Å². The Morgan fingerprint density at radius 1 is 1.18 bits per heavy atom. The second-order valence-corrected chi connectivity index (χ2v) is 11.5. The average Bonchev–Trinajstić information content (AvgIpc) is 3.32. The Hall–Kier alpha value is -3.20. The second-order valence-electron chi connectivity index (χ2n) is 11.0. The van der Waals surface area contributed by atoms with Gasteiger partial charge in [0.1, 0.15) is 11.4 Å². The van der Waals surface area contributed by atoms with E-state index in [1.165, 1.54) is 0 Å². The van der Waals surface area contributed by atoms with Crippen molar-refractivity contribution in [1.29, 1.82) is 0 Å². The number of nitrogens with zero attached hydrogens (tertiary/aromatic N) is 5. The molecule has 2 aromatic heterocycles. The van der Waals surface area contributed by atoms with Gasteiger partial charge in [0.05, 0.1) is 41.6 Å². The summed E-state index contributed by atoms with van der Waals surface area (Å²) in [4.78, 5) is 39.4. The van der Waals surface area contributed by atoms with Gasteiger partial charge in [-0.05, 0) is 76.3 Å². The first-order valence-corrected chi connectivity index (χ1v) is 13.5. The standard InChI is InChI=1S/C28H33ClFN5O3/c1-27(2,3)38-26(37)33-14-9-28(10-15-33)20-8-12-31-17-23(20)35(25(28)36)18-24-32-21-7-6-19(29)16-22(21)34(24)13-5-4-11-30/h6-8,12,16-17H,4-5,9-11,13-15,18H2,1-3H3. The van der Waals surface area contributed by atoms with Crippen LogP contribution in [0.15, 0.2) is 36.7 Å². The molecule has 2 aliphatic heterocycles. The van der Waals surface area contributed by atoms with Crippen LogP contribution in [0, 0.1) is 0 Å². The second kappa shape index (κ2) is 10.2. The Labute approximate surface area is 226 Å². The minimum Gasteiger partial charge on any atom is -0.444 e. The molecule has 0 radical (unpaired) electrons. The summed E-state index contributed by atoms with van der Waals surface area (Å²) in [5.41, 5.74) is 2.04. The molecule has 0 unspecified atom stereocenters. The molecule has 202 valence electrons.